The van der Waals surface area contributed by atoms with E-state index < -0.39 is 0 Å². The van der Waals surface area contributed by atoms with Crippen LogP contribution in [0.1, 0.15) is 64.2 Å². The van der Waals surface area contributed by atoms with Crippen LogP contribution in [0, 0.1) is 11.8 Å². The van der Waals surface area contributed by atoms with Gasteiger partial charge in [-0.15, -0.1) is 0 Å². The molecule has 1 N–H and O–H groups in total. The minimum Gasteiger partial charge on any atom is -0.335 e. The minimum absolute atomic E-state index is 0.216. The van der Waals surface area contributed by atoms with E-state index in [0.717, 1.165) is 24.9 Å². The SMILES string of the molecule is O=C(N[C@@H]1C[C@H]1C1CCCCC1)N1CCC(N2CCCCC2)C1. The molecule has 0 aromatic heterocycles. The Morgan fingerprint density at radius 3 is 2.39 bits per heavy atom. The van der Waals surface area contributed by atoms with Crippen molar-refractivity contribution in [1.82, 2.24) is 15.1 Å². The molecule has 4 fully saturated rings. The predicted octanol–water partition coefficient (Wildman–Crippen LogP) is 3.23. The summed E-state index contributed by atoms with van der Waals surface area (Å²) in [6.45, 7) is 4.39. The van der Waals surface area contributed by atoms with Crippen molar-refractivity contribution in [3.8, 4) is 0 Å². The second-order valence-corrected chi connectivity index (χ2v) is 8.34. The lowest BCUT2D eigenvalue weighted by molar-refractivity contribution is 0.161. The molecular formula is C19H33N3O. The van der Waals surface area contributed by atoms with E-state index in [-0.39, 0.29) is 6.03 Å². The Morgan fingerprint density at radius 1 is 0.870 bits per heavy atom. The maximum atomic E-state index is 12.5. The van der Waals surface area contributed by atoms with Gasteiger partial charge in [-0.1, -0.05) is 38.5 Å². The number of carbonyl (C=O) groups is 1. The van der Waals surface area contributed by atoms with Crippen molar-refractivity contribution >= 4 is 6.03 Å². The van der Waals surface area contributed by atoms with Crippen LogP contribution in [-0.2, 0) is 0 Å². The van der Waals surface area contributed by atoms with E-state index in [1.807, 2.05) is 0 Å². The molecule has 2 saturated heterocycles. The summed E-state index contributed by atoms with van der Waals surface area (Å²) in [5, 5.41) is 3.34. The maximum absolute atomic E-state index is 12.5. The van der Waals surface area contributed by atoms with E-state index in [4.69, 9.17) is 0 Å². The number of nitrogens with zero attached hydrogens (tertiary/aromatic N) is 2. The van der Waals surface area contributed by atoms with Crippen molar-refractivity contribution in [3.63, 3.8) is 0 Å². The van der Waals surface area contributed by atoms with Crippen LogP contribution in [0.2, 0.25) is 0 Å². The molecule has 2 amide bonds. The summed E-state index contributed by atoms with van der Waals surface area (Å²) < 4.78 is 0. The fourth-order valence-corrected chi connectivity index (χ4v) is 5.22. The van der Waals surface area contributed by atoms with Crippen LogP contribution in [-0.4, -0.2) is 54.1 Å². The average Bonchev–Trinajstić information content (AvgIpc) is 3.19. The molecule has 130 valence electrons. The van der Waals surface area contributed by atoms with Crippen molar-refractivity contribution in [2.75, 3.05) is 26.2 Å². The molecule has 23 heavy (non-hydrogen) atoms. The van der Waals surface area contributed by atoms with Gasteiger partial charge in [-0.25, -0.2) is 4.79 Å². The third-order valence-corrected chi connectivity index (χ3v) is 6.76. The van der Waals surface area contributed by atoms with Gasteiger partial charge in [0.05, 0.1) is 0 Å². The molecule has 0 bridgehead atoms. The second-order valence-electron chi connectivity index (χ2n) is 8.34. The summed E-state index contributed by atoms with van der Waals surface area (Å²) in [6, 6.07) is 1.32. The Morgan fingerprint density at radius 2 is 1.61 bits per heavy atom. The van der Waals surface area contributed by atoms with Gasteiger partial charge in [0.25, 0.3) is 0 Å². The van der Waals surface area contributed by atoms with Crippen LogP contribution in [0.4, 0.5) is 4.79 Å². The lowest BCUT2D eigenvalue weighted by Gasteiger charge is -2.32. The van der Waals surface area contributed by atoms with Gasteiger partial charge in [0.15, 0.2) is 0 Å². The molecule has 2 saturated carbocycles. The smallest absolute Gasteiger partial charge is 0.317 e. The van der Waals surface area contributed by atoms with Gasteiger partial charge in [0.2, 0.25) is 0 Å². The van der Waals surface area contributed by atoms with Crippen molar-refractivity contribution in [3.05, 3.63) is 0 Å². The zero-order chi connectivity index (χ0) is 15.6. The van der Waals surface area contributed by atoms with Crippen molar-refractivity contribution < 1.29 is 4.79 Å². The fourth-order valence-electron chi connectivity index (χ4n) is 5.22. The number of urea groups is 1. The maximum Gasteiger partial charge on any atom is 0.317 e. The third kappa shape index (κ3) is 3.67. The van der Waals surface area contributed by atoms with Gasteiger partial charge in [-0.2, -0.15) is 0 Å². The first-order valence-corrected chi connectivity index (χ1v) is 10.1. The van der Waals surface area contributed by atoms with Gasteiger partial charge in [0.1, 0.15) is 0 Å². The summed E-state index contributed by atoms with van der Waals surface area (Å²) >= 11 is 0. The molecule has 4 rings (SSSR count). The highest BCUT2D eigenvalue weighted by molar-refractivity contribution is 5.75. The number of rotatable bonds is 3. The zero-order valence-electron chi connectivity index (χ0n) is 14.5. The highest BCUT2D eigenvalue weighted by Crippen LogP contribution is 2.44. The van der Waals surface area contributed by atoms with E-state index in [1.165, 1.54) is 77.3 Å². The predicted molar refractivity (Wildman–Crippen MR) is 92.4 cm³/mol. The number of nitrogens with one attached hydrogen (secondary N) is 1. The molecule has 0 radical (unpaired) electrons. The topological polar surface area (TPSA) is 35.6 Å². The van der Waals surface area contributed by atoms with E-state index >= 15 is 0 Å². The molecule has 4 aliphatic rings. The first-order chi connectivity index (χ1) is 11.3. The van der Waals surface area contributed by atoms with Crippen molar-refractivity contribution in [2.45, 2.75) is 76.3 Å². The number of likely N-dealkylation sites (tertiary alicyclic amines) is 2. The molecule has 2 aliphatic carbocycles. The number of carbonyl (C=O) groups excluding carboxylic acids is 1. The standard InChI is InChI=1S/C19H33N3O/c23-19(20-18-13-17(18)15-7-3-1-4-8-15)22-12-9-16(14-22)21-10-5-2-6-11-21/h15-18H,1-14H2,(H,20,23)/t16?,17-,18+/m0/s1. The molecule has 0 aromatic carbocycles. The van der Waals surface area contributed by atoms with Gasteiger partial charge in [-0.05, 0) is 50.6 Å². The molecule has 0 aromatic rings. The van der Waals surface area contributed by atoms with Gasteiger partial charge >= 0.3 is 6.03 Å². The lowest BCUT2D eigenvalue weighted by Crippen LogP contribution is -2.44. The van der Waals surface area contributed by atoms with Crippen LogP contribution in [0.25, 0.3) is 0 Å². The lowest BCUT2D eigenvalue weighted by atomic mass is 9.85. The number of amides is 2. The quantitative estimate of drug-likeness (QED) is 0.867. The molecule has 4 heteroatoms. The summed E-state index contributed by atoms with van der Waals surface area (Å²) in [6.07, 6.45) is 13.5. The molecule has 3 atom stereocenters. The first-order valence-electron chi connectivity index (χ1n) is 10.1. The number of hydrogen-bond donors (Lipinski definition) is 1. The summed E-state index contributed by atoms with van der Waals surface area (Å²) in [5.74, 6) is 1.69. The van der Waals surface area contributed by atoms with Gasteiger partial charge < -0.3 is 10.2 Å². The minimum atomic E-state index is 0.216. The van der Waals surface area contributed by atoms with Gasteiger partial charge in [-0.3, -0.25) is 4.90 Å². The monoisotopic (exact) mass is 319 g/mol. The van der Waals surface area contributed by atoms with Crippen molar-refractivity contribution in [2.24, 2.45) is 11.8 Å². The average molecular weight is 319 g/mol. The van der Waals surface area contributed by atoms with Crippen LogP contribution in [0.15, 0.2) is 0 Å². The Labute approximate surface area is 141 Å². The van der Waals surface area contributed by atoms with E-state index in [9.17, 15) is 4.79 Å². The Balaban J connectivity index is 1.21. The molecule has 2 aliphatic heterocycles. The Hall–Kier alpha value is -0.770. The van der Waals surface area contributed by atoms with E-state index in [0.29, 0.717) is 12.1 Å². The van der Waals surface area contributed by atoms with E-state index in [2.05, 4.69) is 15.1 Å². The second kappa shape index (κ2) is 7.00. The molecule has 0 spiro atoms. The van der Waals surface area contributed by atoms with Gasteiger partial charge in [0, 0.05) is 25.2 Å². The molecule has 1 unspecified atom stereocenters. The normalized spacial score (nSPS) is 36.2. The Bertz CT molecular complexity index is 415. The highest BCUT2D eigenvalue weighted by atomic mass is 16.2. The largest absolute Gasteiger partial charge is 0.335 e. The van der Waals surface area contributed by atoms with Crippen LogP contribution in [0.3, 0.4) is 0 Å². The summed E-state index contributed by atoms with van der Waals surface area (Å²) in [7, 11) is 0. The van der Waals surface area contributed by atoms with Crippen LogP contribution < -0.4 is 5.32 Å². The van der Waals surface area contributed by atoms with Crippen LogP contribution >= 0.6 is 0 Å². The third-order valence-electron chi connectivity index (χ3n) is 6.76. The molecule has 4 nitrogen and oxygen atoms in total. The summed E-state index contributed by atoms with van der Waals surface area (Å²) in [4.78, 5) is 17.3. The van der Waals surface area contributed by atoms with Crippen LogP contribution in [0.5, 0.6) is 0 Å². The Kier molecular flexibility index (Phi) is 4.79. The number of hydrogen-bond acceptors (Lipinski definition) is 2. The molecular weight excluding hydrogens is 286 g/mol. The zero-order valence-corrected chi connectivity index (χ0v) is 14.5. The first kappa shape index (κ1) is 15.7. The fraction of sp³-hybridized carbons (Fsp3) is 0.947. The highest BCUT2D eigenvalue weighted by Gasteiger charge is 2.44. The van der Waals surface area contributed by atoms with E-state index in [1.54, 1.807) is 0 Å². The summed E-state index contributed by atoms with van der Waals surface area (Å²) in [5.41, 5.74) is 0. The number of piperidine rings is 1. The molecule has 2 heterocycles. The van der Waals surface area contributed by atoms with Crippen molar-refractivity contribution in [1.29, 1.82) is 0 Å².